The summed E-state index contributed by atoms with van der Waals surface area (Å²) in [5, 5.41) is -8.94. The van der Waals surface area contributed by atoms with Gasteiger partial charge in [-0.2, -0.15) is 0 Å². The van der Waals surface area contributed by atoms with Crippen molar-refractivity contribution < 1.29 is 28.8 Å². The molecule has 0 saturated carbocycles. The van der Waals surface area contributed by atoms with E-state index in [4.69, 9.17) is 69.6 Å². The van der Waals surface area contributed by atoms with Gasteiger partial charge in [0.1, 0.15) is 0 Å². The van der Waals surface area contributed by atoms with E-state index >= 15 is 0 Å². The summed E-state index contributed by atoms with van der Waals surface area (Å²) in [5.41, 5.74) is -6.05. The van der Waals surface area contributed by atoms with Crippen molar-refractivity contribution in [3.63, 3.8) is 0 Å². The Hall–Kier alpha value is -1.02. The van der Waals surface area contributed by atoms with Crippen LogP contribution in [0.5, 0.6) is 0 Å². The Morgan fingerprint density at radius 2 is 0.417 bits per heavy atom. The number of carbonyl (C=O) groups excluding carboxylic acids is 6. The predicted octanol–water partition coefficient (Wildman–Crippen LogP) is 3.96. The molecule has 0 heterocycles. The lowest BCUT2D eigenvalue weighted by Gasteiger charge is -2.16. The molecule has 0 saturated heterocycles. The minimum atomic E-state index is -1.49. The third-order valence-corrected chi connectivity index (χ3v) is 3.81. The van der Waals surface area contributed by atoms with E-state index in [1.54, 1.807) is 0 Å². The largest absolute Gasteiger partial charge is 0.276 e. The average molecular weight is 453 g/mol. The summed E-state index contributed by atoms with van der Waals surface area (Å²) >= 11 is 31.8. The first kappa shape index (κ1) is 21.0. The second-order valence-corrected chi connectivity index (χ2v) is 5.95. The minimum Gasteiger partial charge on any atom is -0.276 e. The van der Waals surface area contributed by atoms with Gasteiger partial charge in [-0.25, -0.2) is 0 Å². The van der Waals surface area contributed by atoms with Crippen LogP contribution in [0, 0.1) is 0 Å². The van der Waals surface area contributed by atoms with Crippen molar-refractivity contribution in [1.29, 1.82) is 0 Å². The number of hydrogen-bond acceptors (Lipinski definition) is 6. The van der Waals surface area contributed by atoms with Crippen LogP contribution in [0.15, 0.2) is 0 Å². The van der Waals surface area contributed by atoms with Crippen molar-refractivity contribution in [3.8, 4) is 0 Å². The first-order valence-electron chi connectivity index (χ1n) is 5.36. The van der Waals surface area contributed by atoms with Gasteiger partial charge < -0.3 is 0 Å². The molecule has 126 valence electrons. The van der Waals surface area contributed by atoms with Crippen molar-refractivity contribution in [1.82, 2.24) is 0 Å². The summed E-state index contributed by atoms with van der Waals surface area (Å²) in [7, 11) is 0. The minimum absolute atomic E-state index is 1.01. The van der Waals surface area contributed by atoms with E-state index in [9.17, 15) is 28.8 Å². The van der Waals surface area contributed by atoms with E-state index in [0.29, 0.717) is 0 Å². The maximum atomic E-state index is 11.6. The molecule has 0 unspecified atom stereocenters. The highest BCUT2D eigenvalue weighted by Gasteiger charge is 2.37. The van der Waals surface area contributed by atoms with E-state index < -0.39 is 64.8 Å². The maximum absolute atomic E-state index is 11.6. The molecule has 24 heavy (non-hydrogen) atoms. The van der Waals surface area contributed by atoms with Crippen molar-refractivity contribution in [2.24, 2.45) is 0 Å². The van der Waals surface area contributed by atoms with Crippen molar-refractivity contribution in [2.45, 2.75) is 0 Å². The second kappa shape index (κ2) is 7.91. The molecule has 6 nitrogen and oxygen atoms in total. The molecule has 0 aliphatic heterocycles. The Morgan fingerprint density at radius 3 is 0.458 bits per heavy atom. The van der Waals surface area contributed by atoms with Gasteiger partial charge in [-0.15, -0.1) is 0 Å². The lowest BCUT2D eigenvalue weighted by molar-refractivity contribution is 0.101. The summed E-state index contributed by atoms with van der Waals surface area (Å²) in [4.78, 5) is 69.9. The van der Waals surface area contributed by atoms with Gasteiger partial charge in [-0.3, -0.25) is 28.8 Å². The Balaban J connectivity index is 4.50. The van der Waals surface area contributed by atoms with E-state index in [1.807, 2.05) is 0 Å². The number of carbonyl (C=O) groups is 6. The van der Waals surface area contributed by atoms with Gasteiger partial charge in [0.25, 0.3) is 31.5 Å². The standard InChI is InChI=1S/C12Cl6O6/c13-7(19)1-2(8(14)20)4(10(16)22)6(12(18)24)5(11(17)23)3(1)9(15)21. The quantitative estimate of drug-likeness (QED) is 0.605. The molecule has 0 N–H and O–H groups in total. The van der Waals surface area contributed by atoms with Gasteiger partial charge in [-0.1, -0.05) is 0 Å². The van der Waals surface area contributed by atoms with Crippen LogP contribution in [0.4, 0.5) is 0 Å². The third-order valence-electron chi connectivity index (χ3n) is 2.68. The first-order valence-corrected chi connectivity index (χ1v) is 7.63. The van der Waals surface area contributed by atoms with E-state index in [0.717, 1.165) is 0 Å². The van der Waals surface area contributed by atoms with Gasteiger partial charge >= 0.3 is 0 Å². The first-order chi connectivity index (χ1) is 10.9. The van der Waals surface area contributed by atoms with E-state index in [-0.39, 0.29) is 0 Å². The molecule has 0 aliphatic rings. The summed E-state index contributed by atoms with van der Waals surface area (Å²) < 4.78 is 0. The smallest absolute Gasteiger partial charge is 0.254 e. The average Bonchev–Trinajstić information content (AvgIpc) is 2.42. The molecule has 0 spiro atoms. The molecule has 0 atom stereocenters. The molecular formula is C12Cl6O6. The fourth-order valence-corrected chi connectivity index (χ4v) is 3.06. The van der Waals surface area contributed by atoms with Gasteiger partial charge in [0, 0.05) is 0 Å². The second-order valence-electron chi connectivity index (χ2n) is 3.89. The molecule has 0 radical (unpaired) electrons. The SMILES string of the molecule is O=C(Cl)c1c(C(=O)Cl)c(C(=O)Cl)c(C(=O)Cl)c(C(=O)Cl)c1C(=O)Cl. The van der Waals surface area contributed by atoms with Crippen LogP contribution in [0.2, 0.25) is 0 Å². The number of rotatable bonds is 6. The van der Waals surface area contributed by atoms with Crippen LogP contribution in [-0.2, 0) is 0 Å². The van der Waals surface area contributed by atoms with Crippen LogP contribution in [0.25, 0.3) is 0 Å². The van der Waals surface area contributed by atoms with Crippen molar-refractivity contribution >= 4 is 101 Å². The molecule has 0 bridgehead atoms. The van der Waals surface area contributed by atoms with Gasteiger partial charge in [0.2, 0.25) is 0 Å². The monoisotopic (exact) mass is 450 g/mol. The fraction of sp³-hybridized carbons (Fsp3) is 0. The lowest BCUT2D eigenvalue weighted by Crippen LogP contribution is -2.22. The molecule has 1 aromatic rings. The number of hydrogen-bond donors (Lipinski definition) is 0. The highest BCUT2D eigenvalue weighted by Crippen LogP contribution is 2.35. The maximum Gasteiger partial charge on any atom is 0.254 e. The normalized spacial score (nSPS) is 10.2. The van der Waals surface area contributed by atoms with E-state index in [1.165, 1.54) is 0 Å². The Bertz CT molecular complexity index is 645. The third kappa shape index (κ3) is 3.79. The number of benzene rings is 1. The van der Waals surface area contributed by atoms with Gasteiger partial charge in [-0.05, 0) is 69.6 Å². The van der Waals surface area contributed by atoms with Crippen molar-refractivity contribution in [3.05, 3.63) is 33.4 Å². The molecule has 0 fully saturated rings. The van der Waals surface area contributed by atoms with Crippen LogP contribution in [0.3, 0.4) is 0 Å². The van der Waals surface area contributed by atoms with Crippen LogP contribution < -0.4 is 0 Å². The Kier molecular flexibility index (Phi) is 6.93. The summed E-state index contributed by atoms with van der Waals surface area (Å²) in [5.74, 6) is 0. The topological polar surface area (TPSA) is 102 Å². The van der Waals surface area contributed by atoms with E-state index in [2.05, 4.69) is 0 Å². The zero-order valence-corrected chi connectivity index (χ0v) is 15.3. The predicted molar refractivity (Wildman–Crippen MR) is 87.5 cm³/mol. The zero-order chi connectivity index (χ0) is 18.9. The van der Waals surface area contributed by atoms with Gasteiger partial charge in [0.15, 0.2) is 0 Å². The number of halogens is 6. The Morgan fingerprint density at radius 1 is 0.333 bits per heavy atom. The van der Waals surface area contributed by atoms with Gasteiger partial charge in [0.05, 0.1) is 33.4 Å². The fourth-order valence-electron chi connectivity index (χ4n) is 1.93. The highest BCUT2D eigenvalue weighted by molar-refractivity contribution is 6.79. The zero-order valence-electron chi connectivity index (χ0n) is 10.7. The summed E-state index contributed by atoms with van der Waals surface area (Å²) in [6, 6.07) is 0. The van der Waals surface area contributed by atoms with Crippen LogP contribution in [-0.4, -0.2) is 31.5 Å². The molecule has 0 amide bonds. The molecule has 12 heteroatoms. The molecular weight excluding hydrogens is 453 g/mol. The molecule has 0 aliphatic carbocycles. The Labute approximate surface area is 162 Å². The van der Waals surface area contributed by atoms with Crippen molar-refractivity contribution in [2.75, 3.05) is 0 Å². The summed E-state index contributed by atoms with van der Waals surface area (Å²) in [6.07, 6.45) is 0. The highest BCUT2D eigenvalue weighted by atomic mass is 35.5. The molecule has 1 aromatic carbocycles. The molecule has 1 rings (SSSR count). The van der Waals surface area contributed by atoms with Crippen LogP contribution >= 0.6 is 69.6 Å². The molecule has 0 aromatic heterocycles. The summed E-state index contributed by atoms with van der Waals surface area (Å²) in [6.45, 7) is 0. The lowest BCUT2D eigenvalue weighted by atomic mass is 9.88. The van der Waals surface area contributed by atoms with Crippen LogP contribution in [0.1, 0.15) is 62.1 Å².